The lowest BCUT2D eigenvalue weighted by Crippen LogP contribution is -2.35. The Kier molecular flexibility index (Phi) is 3.60. The Labute approximate surface area is 91.4 Å². The van der Waals surface area contributed by atoms with E-state index in [-0.39, 0.29) is 0 Å². The van der Waals surface area contributed by atoms with Gasteiger partial charge < -0.3 is 10.7 Å². The van der Waals surface area contributed by atoms with Crippen LogP contribution in [0.2, 0.25) is 0 Å². The number of hydrazine groups is 1. The molecule has 0 unspecified atom stereocenters. The highest BCUT2D eigenvalue weighted by Gasteiger charge is 2.25. The second-order valence-corrected chi connectivity index (χ2v) is 2.95. The molecule has 0 aromatic heterocycles. The molecule has 0 bridgehead atoms. The maximum absolute atomic E-state index is 13.0. The van der Waals surface area contributed by atoms with Gasteiger partial charge in [0.05, 0.1) is 0 Å². The fourth-order valence-corrected chi connectivity index (χ4v) is 0.966. The molecule has 1 rings (SSSR count). The standard InChI is InChI=1S/C7H4F5N3S/c8-1-2(9)4(11)6(5(12)3(1)10)14-7(16)15-13/h13H2,(H2,14,15,16). The Morgan fingerprint density at radius 1 is 0.875 bits per heavy atom. The van der Waals surface area contributed by atoms with Gasteiger partial charge in [0.1, 0.15) is 5.69 Å². The summed E-state index contributed by atoms with van der Waals surface area (Å²) in [4.78, 5) is 0. The van der Waals surface area contributed by atoms with E-state index in [2.05, 4.69) is 12.2 Å². The van der Waals surface area contributed by atoms with Crippen molar-refractivity contribution in [1.82, 2.24) is 5.43 Å². The molecule has 0 spiro atoms. The summed E-state index contributed by atoms with van der Waals surface area (Å²) in [6.45, 7) is 0. The molecule has 0 saturated carbocycles. The van der Waals surface area contributed by atoms with E-state index in [1.165, 1.54) is 0 Å². The molecule has 0 aliphatic heterocycles. The molecular formula is C7H4F5N3S. The van der Waals surface area contributed by atoms with Crippen molar-refractivity contribution in [2.45, 2.75) is 0 Å². The van der Waals surface area contributed by atoms with Crippen LogP contribution < -0.4 is 16.6 Å². The quantitative estimate of drug-likeness (QED) is 0.178. The van der Waals surface area contributed by atoms with Crippen LogP contribution in [0.1, 0.15) is 0 Å². The summed E-state index contributed by atoms with van der Waals surface area (Å²) in [5.74, 6) is -5.65. The number of hydrogen-bond acceptors (Lipinski definition) is 2. The van der Waals surface area contributed by atoms with Gasteiger partial charge in [-0.2, -0.15) is 0 Å². The van der Waals surface area contributed by atoms with Gasteiger partial charge in [0.25, 0.3) is 0 Å². The summed E-state index contributed by atoms with van der Waals surface area (Å²) in [7, 11) is 0. The number of benzene rings is 1. The number of halogens is 5. The second-order valence-electron chi connectivity index (χ2n) is 2.54. The first kappa shape index (κ1) is 12.6. The first-order valence-corrected chi connectivity index (χ1v) is 4.10. The monoisotopic (exact) mass is 257 g/mol. The van der Waals surface area contributed by atoms with Crippen molar-refractivity contribution in [2.24, 2.45) is 5.84 Å². The SMILES string of the molecule is NNC(=S)Nc1c(F)c(F)c(F)c(F)c1F. The van der Waals surface area contributed by atoms with Crippen molar-refractivity contribution in [3.05, 3.63) is 29.1 Å². The average molecular weight is 257 g/mol. The Morgan fingerprint density at radius 2 is 1.25 bits per heavy atom. The summed E-state index contributed by atoms with van der Waals surface area (Å²) < 4.78 is 63.9. The summed E-state index contributed by atoms with van der Waals surface area (Å²) in [5.41, 5.74) is 0.505. The van der Waals surface area contributed by atoms with Crippen LogP contribution >= 0.6 is 12.2 Å². The van der Waals surface area contributed by atoms with E-state index in [0.29, 0.717) is 0 Å². The van der Waals surface area contributed by atoms with Gasteiger partial charge in [0.15, 0.2) is 28.4 Å². The molecule has 0 atom stereocenters. The Morgan fingerprint density at radius 3 is 1.62 bits per heavy atom. The van der Waals surface area contributed by atoms with Crippen LogP contribution in [-0.4, -0.2) is 5.11 Å². The minimum Gasteiger partial charge on any atom is -0.327 e. The van der Waals surface area contributed by atoms with Gasteiger partial charge >= 0.3 is 0 Å². The molecular weight excluding hydrogens is 253 g/mol. The molecule has 0 fully saturated rings. The lowest BCUT2D eigenvalue weighted by Gasteiger charge is -2.10. The van der Waals surface area contributed by atoms with Crippen molar-refractivity contribution in [3.63, 3.8) is 0 Å². The number of nitrogens with one attached hydrogen (secondary N) is 2. The first-order chi connectivity index (χ1) is 7.40. The van der Waals surface area contributed by atoms with Gasteiger partial charge in [0.2, 0.25) is 5.82 Å². The fourth-order valence-electron chi connectivity index (χ4n) is 0.864. The van der Waals surface area contributed by atoms with Crippen molar-refractivity contribution in [3.8, 4) is 0 Å². The van der Waals surface area contributed by atoms with Crippen molar-refractivity contribution in [2.75, 3.05) is 5.32 Å². The molecule has 9 heteroatoms. The largest absolute Gasteiger partial charge is 0.327 e. The van der Waals surface area contributed by atoms with Crippen molar-refractivity contribution >= 4 is 23.0 Å². The Hall–Kier alpha value is -1.48. The molecule has 0 aliphatic carbocycles. The van der Waals surface area contributed by atoms with Gasteiger partial charge in [-0.15, -0.1) is 0 Å². The molecule has 1 aromatic carbocycles. The van der Waals surface area contributed by atoms with Crippen LogP contribution in [0.3, 0.4) is 0 Å². The summed E-state index contributed by atoms with van der Waals surface area (Å²) in [6, 6.07) is 0. The van der Waals surface area contributed by atoms with Crippen LogP contribution in [0.15, 0.2) is 0 Å². The number of rotatable bonds is 1. The van der Waals surface area contributed by atoms with Crippen molar-refractivity contribution in [1.29, 1.82) is 0 Å². The van der Waals surface area contributed by atoms with E-state index in [1.807, 2.05) is 0 Å². The lowest BCUT2D eigenvalue weighted by atomic mass is 10.2. The topological polar surface area (TPSA) is 50.1 Å². The zero-order valence-electron chi connectivity index (χ0n) is 7.38. The molecule has 3 nitrogen and oxygen atoms in total. The fraction of sp³-hybridized carbons (Fsp3) is 0. The molecule has 0 radical (unpaired) electrons. The Bertz CT molecular complexity index is 421. The Balaban J connectivity index is 3.34. The molecule has 0 heterocycles. The maximum atomic E-state index is 13.0. The van der Waals surface area contributed by atoms with E-state index < -0.39 is 39.9 Å². The molecule has 1 aromatic rings. The smallest absolute Gasteiger partial charge is 0.200 e. The van der Waals surface area contributed by atoms with E-state index >= 15 is 0 Å². The van der Waals surface area contributed by atoms with Gasteiger partial charge in [-0.25, -0.2) is 27.8 Å². The van der Waals surface area contributed by atoms with Gasteiger partial charge in [0, 0.05) is 0 Å². The van der Waals surface area contributed by atoms with Crippen LogP contribution in [0, 0.1) is 29.1 Å². The van der Waals surface area contributed by atoms with Crippen LogP contribution in [-0.2, 0) is 0 Å². The minimum absolute atomic E-state index is 0.497. The van der Waals surface area contributed by atoms with Crippen LogP contribution in [0.25, 0.3) is 0 Å². The third kappa shape index (κ3) is 2.04. The van der Waals surface area contributed by atoms with Gasteiger partial charge in [-0.05, 0) is 12.2 Å². The molecule has 88 valence electrons. The van der Waals surface area contributed by atoms with Gasteiger partial charge in [-0.3, -0.25) is 0 Å². The van der Waals surface area contributed by atoms with Crippen LogP contribution in [0.5, 0.6) is 0 Å². The zero-order chi connectivity index (χ0) is 12.5. The third-order valence-corrected chi connectivity index (χ3v) is 1.80. The molecule has 4 N–H and O–H groups in total. The molecule has 0 amide bonds. The molecule has 16 heavy (non-hydrogen) atoms. The molecule has 0 saturated heterocycles. The van der Waals surface area contributed by atoms with Gasteiger partial charge in [-0.1, -0.05) is 0 Å². The number of anilines is 1. The molecule has 0 aliphatic rings. The highest BCUT2D eigenvalue weighted by molar-refractivity contribution is 7.80. The van der Waals surface area contributed by atoms with E-state index in [0.717, 1.165) is 0 Å². The van der Waals surface area contributed by atoms with E-state index in [9.17, 15) is 22.0 Å². The number of nitrogens with two attached hydrogens (primary N) is 1. The number of hydrogen-bond donors (Lipinski definition) is 3. The highest BCUT2D eigenvalue weighted by Crippen LogP contribution is 2.26. The maximum Gasteiger partial charge on any atom is 0.200 e. The van der Waals surface area contributed by atoms with Crippen molar-refractivity contribution < 1.29 is 22.0 Å². The van der Waals surface area contributed by atoms with E-state index in [4.69, 9.17) is 5.84 Å². The summed E-state index contributed by atoms with van der Waals surface area (Å²) in [6.07, 6.45) is 0. The highest BCUT2D eigenvalue weighted by atomic mass is 32.1. The summed E-state index contributed by atoms with van der Waals surface area (Å²) >= 11 is 4.36. The zero-order valence-corrected chi connectivity index (χ0v) is 8.19. The average Bonchev–Trinajstić information content (AvgIpc) is 2.29. The number of thiocarbonyl (C=S) groups is 1. The summed E-state index contributed by atoms with van der Waals surface area (Å²) in [5, 5.41) is 1.24. The normalized spacial score (nSPS) is 10.1. The predicted octanol–water partition coefficient (Wildman–Crippen LogP) is 1.54. The first-order valence-electron chi connectivity index (χ1n) is 3.69. The minimum atomic E-state index is -2.24. The van der Waals surface area contributed by atoms with E-state index in [1.54, 1.807) is 10.7 Å². The lowest BCUT2D eigenvalue weighted by molar-refractivity contribution is 0.382. The van der Waals surface area contributed by atoms with Crippen LogP contribution in [0.4, 0.5) is 27.6 Å². The third-order valence-electron chi connectivity index (χ3n) is 1.58. The predicted molar refractivity (Wildman–Crippen MR) is 49.8 cm³/mol. The second kappa shape index (κ2) is 4.58.